The minimum atomic E-state index is 0.172. The molecule has 5 nitrogen and oxygen atoms in total. The number of hydrogen-bond acceptors (Lipinski definition) is 5. The number of likely N-dealkylation sites (N-methyl/N-ethyl adjacent to an activating group) is 1. The number of nitrogens with zero attached hydrogens (tertiary/aromatic N) is 3. The molecule has 1 aliphatic heterocycles. The predicted molar refractivity (Wildman–Crippen MR) is 74.9 cm³/mol. The lowest BCUT2D eigenvalue weighted by molar-refractivity contribution is -0.0469. The second kappa shape index (κ2) is 7.53. The second-order valence-corrected chi connectivity index (χ2v) is 4.92. The summed E-state index contributed by atoms with van der Waals surface area (Å²) in [6.45, 7) is 9.20. The summed E-state index contributed by atoms with van der Waals surface area (Å²) >= 11 is 0. The third-order valence-corrected chi connectivity index (χ3v) is 3.45. The highest BCUT2D eigenvalue weighted by atomic mass is 16.5. The van der Waals surface area contributed by atoms with E-state index in [9.17, 15) is 0 Å². The SMILES string of the molecule is CCCN1CCOC(C(NCC)c2cncnc2)C1. The van der Waals surface area contributed by atoms with E-state index in [2.05, 4.69) is 34.0 Å². The van der Waals surface area contributed by atoms with E-state index in [4.69, 9.17) is 4.74 Å². The van der Waals surface area contributed by atoms with Crippen molar-refractivity contribution in [3.63, 3.8) is 0 Å². The lowest BCUT2D eigenvalue weighted by Gasteiger charge is -2.37. The molecule has 0 aliphatic carbocycles. The largest absolute Gasteiger partial charge is 0.374 e. The Balaban J connectivity index is 2.06. The molecular formula is C14H24N4O. The van der Waals surface area contributed by atoms with E-state index in [0.717, 1.165) is 38.3 Å². The van der Waals surface area contributed by atoms with E-state index in [1.54, 1.807) is 6.33 Å². The van der Waals surface area contributed by atoms with Crippen LogP contribution in [0, 0.1) is 0 Å². The summed E-state index contributed by atoms with van der Waals surface area (Å²) < 4.78 is 5.96. The zero-order valence-corrected chi connectivity index (χ0v) is 11.9. The molecule has 2 atom stereocenters. The first-order valence-corrected chi connectivity index (χ1v) is 7.17. The van der Waals surface area contributed by atoms with E-state index in [0.29, 0.717) is 0 Å². The number of hydrogen-bond donors (Lipinski definition) is 1. The van der Waals surface area contributed by atoms with Crippen LogP contribution in [0.3, 0.4) is 0 Å². The molecule has 2 heterocycles. The fourth-order valence-corrected chi connectivity index (χ4v) is 2.61. The van der Waals surface area contributed by atoms with Gasteiger partial charge in [0.1, 0.15) is 6.33 Å². The molecular weight excluding hydrogens is 240 g/mol. The first-order chi connectivity index (χ1) is 9.35. The average molecular weight is 264 g/mol. The van der Waals surface area contributed by atoms with Crippen LogP contribution >= 0.6 is 0 Å². The van der Waals surface area contributed by atoms with Gasteiger partial charge >= 0.3 is 0 Å². The summed E-state index contributed by atoms with van der Waals surface area (Å²) in [6.07, 6.45) is 6.68. The zero-order valence-electron chi connectivity index (χ0n) is 11.9. The molecule has 1 fully saturated rings. The minimum Gasteiger partial charge on any atom is -0.374 e. The van der Waals surface area contributed by atoms with Crippen molar-refractivity contribution in [2.75, 3.05) is 32.8 Å². The van der Waals surface area contributed by atoms with E-state index in [1.165, 1.54) is 6.42 Å². The quantitative estimate of drug-likeness (QED) is 0.837. The summed E-state index contributed by atoms with van der Waals surface area (Å²) in [7, 11) is 0. The van der Waals surface area contributed by atoms with Crippen LogP contribution in [0.15, 0.2) is 18.7 Å². The number of aromatic nitrogens is 2. The normalized spacial score (nSPS) is 22.3. The van der Waals surface area contributed by atoms with E-state index in [1.807, 2.05) is 12.4 Å². The lowest BCUT2D eigenvalue weighted by Crippen LogP contribution is -2.48. The molecule has 0 spiro atoms. The molecule has 1 aliphatic rings. The maximum absolute atomic E-state index is 5.96. The van der Waals surface area contributed by atoms with Crippen molar-refractivity contribution in [2.45, 2.75) is 32.4 Å². The molecule has 0 aromatic carbocycles. The molecule has 106 valence electrons. The maximum Gasteiger partial charge on any atom is 0.115 e. The molecule has 0 bridgehead atoms. The van der Waals surface area contributed by atoms with Crippen molar-refractivity contribution in [2.24, 2.45) is 0 Å². The van der Waals surface area contributed by atoms with E-state index >= 15 is 0 Å². The van der Waals surface area contributed by atoms with Gasteiger partial charge in [0.05, 0.1) is 18.8 Å². The van der Waals surface area contributed by atoms with Crippen molar-refractivity contribution in [1.29, 1.82) is 0 Å². The Kier molecular flexibility index (Phi) is 5.69. The monoisotopic (exact) mass is 264 g/mol. The maximum atomic E-state index is 5.96. The van der Waals surface area contributed by atoms with Crippen LogP contribution in [0.25, 0.3) is 0 Å². The zero-order chi connectivity index (χ0) is 13.5. The summed E-state index contributed by atoms with van der Waals surface area (Å²) in [5.74, 6) is 0. The highest BCUT2D eigenvalue weighted by Crippen LogP contribution is 2.21. The van der Waals surface area contributed by atoms with Crippen molar-refractivity contribution in [1.82, 2.24) is 20.2 Å². The fraction of sp³-hybridized carbons (Fsp3) is 0.714. The van der Waals surface area contributed by atoms with Crippen molar-refractivity contribution < 1.29 is 4.74 Å². The highest BCUT2D eigenvalue weighted by molar-refractivity contribution is 5.12. The Bertz CT molecular complexity index is 358. The van der Waals surface area contributed by atoms with Gasteiger partial charge in [0, 0.05) is 31.0 Å². The standard InChI is InChI=1S/C14H24N4O/c1-3-5-18-6-7-19-13(10-18)14(17-4-2)12-8-15-11-16-9-12/h8-9,11,13-14,17H,3-7,10H2,1-2H3. The highest BCUT2D eigenvalue weighted by Gasteiger charge is 2.28. The van der Waals surface area contributed by atoms with Gasteiger partial charge in [-0.25, -0.2) is 9.97 Å². The second-order valence-electron chi connectivity index (χ2n) is 4.92. The summed E-state index contributed by atoms with van der Waals surface area (Å²) in [6, 6.07) is 0.172. The van der Waals surface area contributed by atoms with Crippen molar-refractivity contribution in [3.05, 3.63) is 24.3 Å². The number of ether oxygens (including phenoxy) is 1. The van der Waals surface area contributed by atoms with Crippen LogP contribution in [0.4, 0.5) is 0 Å². The molecule has 0 saturated carbocycles. The Labute approximate surface area is 115 Å². The van der Waals surface area contributed by atoms with Gasteiger partial charge in [0.2, 0.25) is 0 Å². The van der Waals surface area contributed by atoms with Gasteiger partial charge in [-0.1, -0.05) is 13.8 Å². The Hall–Kier alpha value is -1.04. The van der Waals surface area contributed by atoms with Crippen LogP contribution < -0.4 is 5.32 Å². The van der Waals surface area contributed by atoms with Crippen molar-refractivity contribution in [3.8, 4) is 0 Å². The third-order valence-electron chi connectivity index (χ3n) is 3.45. The summed E-state index contributed by atoms with van der Waals surface area (Å²) in [5.41, 5.74) is 1.10. The van der Waals surface area contributed by atoms with Crippen LogP contribution in [0.1, 0.15) is 31.9 Å². The van der Waals surface area contributed by atoms with Gasteiger partial charge in [0.25, 0.3) is 0 Å². The van der Waals surface area contributed by atoms with Gasteiger partial charge in [-0.05, 0) is 19.5 Å². The lowest BCUT2D eigenvalue weighted by atomic mass is 10.0. The molecule has 1 aromatic rings. The number of rotatable bonds is 6. The van der Waals surface area contributed by atoms with Crippen LogP contribution in [-0.2, 0) is 4.74 Å². The topological polar surface area (TPSA) is 50.3 Å². The first kappa shape index (κ1) is 14.4. The van der Waals surface area contributed by atoms with Crippen LogP contribution in [0.2, 0.25) is 0 Å². The van der Waals surface area contributed by atoms with Gasteiger partial charge in [-0.2, -0.15) is 0 Å². The van der Waals surface area contributed by atoms with E-state index in [-0.39, 0.29) is 12.1 Å². The first-order valence-electron chi connectivity index (χ1n) is 7.17. The van der Waals surface area contributed by atoms with Crippen LogP contribution in [-0.4, -0.2) is 53.8 Å². The molecule has 0 radical (unpaired) electrons. The Morgan fingerprint density at radius 3 is 2.89 bits per heavy atom. The molecule has 0 amide bonds. The van der Waals surface area contributed by atoms with Crippen LogP contribution in [0.5, 0.6) is 0 Å². The van der Waals surface area contributed by atoms with Gasteiger partial charge in [-0.3, -0.25) is 4.90 Å². The average Bonchev–Trinajstić information content (AvgIpc) is 2.46. The Morgan fingerprint density at radius 1 is 1.42 bits per heavy atom. The van der Waals surface area contributed by atoms with E-state index < -0.39 is 0 Å². The molecule has 2 rings (SSSR count). The molecule has 1 N–H and O–H groups in total. The van der Waals surface area contributed by atoms with Gasteiger partial charge < -0.3 is 10.1 Å². The van der Waals surface area contributed by atoms with Gasteiger partial charge in [0.15, 0.2) is 0 Å². The Morgan fingerprint density at radius 2 is 2.21 bits per heavy atom. The molecule has 19 heavy (non-hydrogen) atoms. The number of nitrogens with one attached hydrogen (secondary N) is 1. The smallest absolute Gasteiger partial charge is 0.115 e. The molecule has 5 heteroatoms. The van der Waals surface area contributed by atoms with Gasteiger partial charge in [-0.15, -0.1) is 0 Å². The molecule has 1 aromatic heterocycles. The molecule has 2 unspecified atom stereocenters. The molecule has 1 saturated heterocycles. The predicted octanol–water partition coefficient (Wildman–Crippen LogP) is 1.24. The third kappa shape index (κ3) is 3.96. The summed E-state index contributed by atoms with van der Waals surface area (Å²) in [5, 5.41) is 3.50. The summed E-state index contributed by atoms with van der Waals surface area (Å²) in [4.78, 5) is 10.7. The minimum absolute atomic E-state index is 0.172. The number of morpholine rings is 1. The van der Waals surface area contributed by atoms with Crippen molar-refractivity contribution >= 4 is 0 Å². The fourth-order valence-electron chi connectivity index (χ4n) is 2.61.